The van der Waals surface area contributed by atoms with Crippen LogP contribution in [-0.2, 0) is 19.5 Å². The Labute approximate surface area is 177 Å². The van der Waals surface area contributed by atoms with Crippen molar-refractivity contribution >= 4 is 22.4 Å². The number of nitrogens with one attached hydrogen (secondary N) is 2. The van der Waals surface area contributed by atoms with E-state index in [4.69, 9.17) is 4.42 Å². The van der Waals surface area contributed by atoms with E-state index in [9.17, 15) is 4.79 Å². The van der Waals surface area contributed by atoms with Crippen LogP contribution in [0.1, 0.15) is 32.4 Å². The topological polar surface area (TPSA) is 87.0 Å². The van der Waals surface area contributed by atoms with Gasteiger partial charge in [-0.3, -0.25) is 20.1 Å². The van der Waals surface area contributed by atoms with Crippen molar-refractivity contribution in [3.05, 3.63) is 76.1 Å². The van der Waals surface area contributed by atoms with Crippen molar-refractivity contribution in [2.24, 2.45) is 0 Å². The number of thiazole rings is 1. The maximum Gasteiger partial charge on any atom is 0.277 e. The lowest BCUT2D eigenvalue weighted by Gasteiger charge is -2.25. The van der Waals surface area contributed by atoms with Gasteiger partial charge in [-0.05, 0) is 24.6 Å². The Morgan fingerprint density at radius 3 is 2.93 bits per heavy atom. The fourth-order valence-corrected chi connectivity index (χ4v) is 4.63. The molecule has 0 unspecified atom stereocenters. The summed E-state index contributed by atoms with van der Waals surface area (Å²) < 4.78 is 5.57. The lowest BCUT2D eigenvalue weighted by molar-refractivity contribution is 0.102. The zero-order valence-electron chi connectivity index (χ0n) is 16.5. The van der Waals surface area contributed by atoms with Crippen LogP contribution < -0.4 is 5.32 Å². The molecule has 5 rings (SSSR count). The van der Waals surface area contributed by atoms with Crippen molar-refractivity contribution in [1.82, 2.24) is 20.1 Å². The second-order valence-electron chi connectivity index (χ2n) is 7.37. The molecule has 4 heterocycles. The van der Waals surface area contributed by atoms with E-state index in [0.717, 1.165) is 37.5 Å². The molecule has 2 N–H and O–H groups in total. The van der Waals surface area contributed by atoms with Crippen molar-refractivity contribution in [2.75, 3.05) is 11.9 Å². The van der Waals surface area contributed by atoms with E-state index in [1.807, 2.05) is 25.1 Å². The molecule has 0 saturated carbocycles. The van der Waals surface area contributed by atoms with Gasteiger partial charge in [-0.2, -0.15) is 5.10 Å². The highest BCUT2D eigenvalue weighted by Gasteiger charge is 2.22. The van der Waals surface area contributed by atoms with Gasteiger partial charge in [0, 0.05) is 37.0 Å². The number of aromatic nitrogens is 3. The van der Waals surface area contributed by atoms with Crippen LogP contribution in [-0.4, -0.2) is 32.5 Å². The molecule has 0 aliphatic carbocycles. The number of aromatic amines is 1. The van der Waals surface area contributed by atoms with Crippen molar-refractivity contribution in [2.45, 2.75) is 26.4 Å². The third kappa shape index (κ3) is 3.92. The first-order valence-corrected chi connectivity index (χ1v) is 10.6. The second kappa shape index (κ2) is 7.89. The summed E-state index contributed by atoms with van der Waals surface area (Å²) in [5.41, 5.74) is 3.36. The lowest BCUT2D eigenvalue weighted by atomic mass is 10.1. The zero-order valence-corrected chi connectivity index (χ0v) is 17.3. The van der Waals surface area contributed by atoms with Gasteiger partial charge >= 0.3 is 0 Å². The number of carbonyl (C=O) groups excluding carboxylic acids is 1. The van der Waals surface area contributed by atoms with Gasteiger partial charge in [0.05, 0.1) is 5.69 Å². The molecule has 1 aliphatic heterocycles. The highest BCUT2D eigenvalue weighted by Crippen LogP contribution is 2.29. The molecule has 0 atom stereocenters. The maximum atomic E-state index is 12.6. The summed E-state index contributed by atoms with van der Waals surface area (Å²) in [6.45, 7) is 4.60. The number of carbonyl (C=O) groups is 1. The molecule has 1 aromatic carbocycles. The van der Waals surface area contributed by atoms with E-state index >= 15 is 0 Å². The molecule has 30 heavy (non-hydrogen) atoms. The summed E-state index contributed by atoms with van der Waals surface area (Å²) in [6, 6.07) is 15.9. The third-order valence-corrected chi connectivity index (χ3v) is 6.09. The van der Waals surface area contributed by atoms with E-state index in [-0.39, 0.29) is 5.91 Å². The van der Waals surface area contributed by atoms with E-state index in [0.29, 0.717) is 22.3 Å². The van der Waals surface area contributed by atoms with Gasteiger partial charge in [0.25, 0.3) is 5.91 Å². The molecule has 1 aliphatic rings. The lowest BCUT2D eigenvalue weighted by Crippen LogP contribution is -2.29. The second-order valence-corrected chi connectivity index (χ2v) is 8.45. The number of furan rings is 1. The molecule has 0 saturated heterocycles. The standard InChI is InChI=1S/C22H21N5O2S/c1-14-7-8-19(29-14)17-11-18(26-25-17)21(28)24-22-23-16-9-10-27(13-20(16)30-22)12-15-5-3-2-4-6-15/h2-8,11H,9-10,12-13H2,1H3,(H,25,26)(H,23,24,28). The van der Waals surface area contributed by atoms with E-state index < -0.39 is 0 Å². The number of hydrogen-bond acceptors (Lipinski definition) is 6. The number of hydrogen-bond donors (Lipinski definition) is 2. The number of benzene rings is 1. The molecule has 8 heteroatoms. The zero-order chi connectivity index (χ0) is 20.5. The van der Waals surface area contributed by atoms with E-state index in [2.05, 4.69) is 49.7 Å². The minimum Gasteiger partial charge on any atom is -0.460 e. The molecule has 4 aromatic rings. The summed E-state index contributed by atoms with van der Waals surface area (Å²) in [6.07, 6.45) is 0.888. The molecule has 0 spiro atoms. The molecule has 152 valence electrons. The molecule has 1 amide bonds. The number of H-pyrrole nitrogens is 1. The highest BCUT2D eigenvalue weighted by atomic mass is 32.1. The summed E-state index contributed by atoms with van der Waals surface area (Å²) in [7, 11) is 0. The first-order chi connectivity index (χ1) is 14.6. The van der Waals surface area contributed by atoms with Crippen LogP contribution in [0.3, 0.4) is 0 Å². The Morgan fingerprint density at radius 1 is 1.27 bits per heavy atom. The first kappa shape index (κ1) is 18.8. The maximum absolute atomic E-state index is 12.6. The normalized spacial score (nSPS) is 13.9. The van der Waals surface area contributed by atoms with Gasteiger partial charge in [0.15, 0.2) is 16.6 Å². The molecular formula is C22H21N5O2S. The Kier molecular flexibility index (Phi) is 4.94. The van der Waals surface area contributed by atoms with Crippen molar-refractivity contribution < 1.29 is 9.21 Å². The van der Waals surface area contributed by atoms with Gasteiger partial charge in [0.2, 0.25) is 0 Å². The Balaban J connectivity index is 1.25. The molecule has 0 bridgehead atoms. The number of anilines is 1. The number of amides is 1. The van der Waals surface area contributed by atoms with Crippen molar-refractivity contribution in [3.8, 4) is 11.5 Å². The predicted octanol–water partition coefficient (Wildman–Crippen LogP) is 4.25. The van der Waals surface area contributed by atoms with E-state index in [1.165, 1.54) is 21.8 Å². The van der Waals surface area contributed by atoms with Crippen LogP contribution in [0, 0.1) is 6.92 Å². The van der Waals surface area contributed by atoms with Crippen LogP contribution >= 0.6 is 11.3 Å². The van der Waals surface area contributed by atoms with Crippen molar-refractivity contribution in [1.29, 1.82) is 0 Å². The average Bonchev–Trinajstić information content (AvgIpc) is 3.47. The largest absolute Gasteiger partial charge is 0.460 e. The number of aryl methyl sites for hydroxylation is 1. The molecular weight excluding hydrogens is 398 g/mol. The van der Waals surface area contributed by atoms with Gasteiger partial charge in [-0.15, -0.1) is 11.3 Å². The van der Waals surface area contributed by atoms with Crippen molar-refractivity contribution in [3.63, 3.8) is 0 Å². The molecule has 3 aromatic heterocycles. The number of fused-ring (bicyclic) bond motifs is 1. The summed E-state index contributed by atoms with van der Waals surface area (Å²) >= 11 is 1.54. The van der Waals surface area contributed by atoms with Crippen LogP contribution in [0.4, 0.5) is 5.13 Å². The average molecular weight is 420 g/mol. The Bertz CT molecular complexity index is 1180. The van der Waals surface area contributed by atoms with E-state index in [1.54, 1.807) is 6.07 Å². The number of rotatable bonds is 5. The fourth-order valence-electron chi connectivity index (χ4n) is 3.58. The summed E-state index contributed by atoms with van der Waals surface area (Å²) in [4.78, 5) is 20.9. The smallest absolute Gasteiger partial charge is 0.277 e. The quantitative estimate of drug-likeness (QED) is 0.505. The Hall–Kier alpha value is -3.23. The fraction of sp³-hybridized carbons (Fsp3) is 0.227. The summed E-state index contributed by atoms with van der Waals surface area (Å²) in [5.74, 6) is 1.18. The first-order valence-electron chi connectivity index (χ1n) is 9.82. The molecule has 7 nitrogen and oxygen atoms in total. The van der Waals surface area contributed by atoms with Gasteiger partial charge in [0.1, 0.15) is 11.5 Å². The minimum atomic E-state index is -0.284. The van der Waals surface area contributed by atoms with Crippen LogP contribution in [0.5, 0.6) is 0 Å². The molecule has 0 radical (unpaired) electrons. The monoisotopic (exact) mass is 419 g/mol. The van der Waals surface area contributed by atoms with Gasteiger partial charge in [-0.1, -0.05) is 30.3 Å². The van der Waals surface area contributed by atoms with Gasteiger partial charge < -0.3 is 4.42 Å². The van der Waals surface area contributed by atoms with Crippen LogP contribution in [0.2, 0.25) is 0 Å². The van der Waals surface area contributed by atoms with Crippen LogP contribution in [0.15, 0.2) is 52.9 Å². The molecule has 0 fully saturated rings. The predicted molar refractivity (Wildman–Crippen MR) is 115 cm³/mol. The summed E-state index contributed by atoms with van der Waals surface area (Å²) in [5, 5.41) is 10.5. The number of nitrogens with zero attached hydrogens (tertiary/aromatic N) is 3. The SMILES string of the molecule is Cc1ccc(-c2cc(C(=O)Nc3nc4c(s3)CN(Cc3ccccc3)CC4)n[nH]2)o1. The third-order valence-electron chi connectivity index (χ3n) is 5.10. The highest BCUT2D eigenvalue weighted by molar-refractivity contribution is 7.15. The minimum absolute atomic E-state index is 0.284. The van der Waals surface area contributed by atoms with Crippen LogP contribution in [0.25, 0.3) is 11.5 Å². The van der Waals surface area contributed by atoms with Gasteiger partial charge in [-0.25, -0.2) is 4.98 Å². The Morgan fingerprint density at radius 2 is 2.13 bits per heavy atom.